The minimum absolute atomic E-state index is 0.0147. The van der Waals surface area contributed by atoms with Crippen LogP contribution >= 0.6 is 11.8 Å². The van der Waals surface area contributed by atoms with Crippen LogP contribution < -0.4 is 10.1 Å². The van der Waals surface area contributed by atoms with Gasteiger partial charge in [0.15, 0.2) is 16.4 Å². The smallest absolute Gasteiger partial charge is 0.341 e. The molecule has 2 N–H and O–H groups in total. The molecule has 182 valence electrons. The third kappa shape index (κ3) is 7.48. The van der Waals surface area contributed by atoms with Crippen molar-refractivity contribution in [2.75, 3.05) is 18.9 Å². The molecule has 0 aromatic heterocycles. The van der Waals surface area contributed by atoms with Crippen molar-refractivity contribution in [1.29, 1.82) is 0 Å². The lowest BCUT2D eigenvalue weighted by molar-refractivity contribution is -0.139. The van der Waals surface area contributed by atoms with Gasteiger partial charge in [-0.2, -0.15) is 0 Å². The Morgan fingerprint density at radius 2 is 1.82 bits per heavy atom. The molecule has 0 heterocycles. The summed E-state index contributed by atoms with van der Waals surface area (Å²) in [6.07, 6.45) is 1.46. The normalized spacial score (nSPS) is 13.0. The molecule has 0 saturated heterocycles. The van der Waals surface area contributed by atoms with E-state index in [9.17, 15) is 13.2 Å². The molecule has 0 amide bonds. The van der Waals surface area contributed by atoms with E-state index in [4.69, 9.17) is 9.84 Å². The lowest BCUT2D eigenvalue weighted by Crippen LogP contribution is -2.37. The number of carboxylic acids is 1. The number of thioether (sulfide) groups is 1. The molecular weight excluding hydrogens is 458 g/mol. The number of carbonyl (C=O) groups is 1. The van der Waals surface area contributed by atoms with Crippen molar-refractivity contribution in [3.63, 3.8) is 0 Å². The van der Waals surface area contributed by atoms with Gasteiger partial charge in [-0.3, -0.25) is 0 Å². The maximum Gasteiger partial charge on any atom is 0.341 e. The minimum atomic E-state index is -3.48. The first-order valence-corrected chi connectivity index (χ1v) is 13.7. The molecule has 6 nitrogen and oxygen atoms in total. The number of ether oxygens (including phenoxy) is 1. The number of nitrogens with one attached hydrogen (secondary N) is 1. The number of hydrogen-bond donors (Lipinski definition) is 2. The second-order valence-electron chi connectivity index (χ2n) is 8.62. The third-order valence-corrected chi connectivity index (χ3v) is 9.01. The van der Waals surface area contributed by atoms with E-state index in [1.54, 1.807) is 30.0 Å². The average molecular weight is 494 g/mol. The van der Waals surface area contributed by atoms with E-state index < -0.39 is 21.2 Å². The number of benzene rings is 2. The number of rotatable bonds is 13. The Morgan fingerprint density at radius 1 is 1.15 bits per heavy atom. The van der Waals surface area contributed by atoms with Gasteiger partial charge in [-0.25, -0.2) is 13.2 Å². The maximum absolute atomic E-state index is 13.1. The van der Waals surface area contributed by atoms with Gasteiger partial charge in [-0.15, -0.1) is 11.8 Å². The first-order chi connectivity index (χ1) is 15.5. The lowest BCUT2D eigenvalue weighted by atomic mass is 9.82. The quantitative estimate of drug-likeness (QED) is 0.298. The SMILES string of the molecule is CCC(NCCSc1ccc(OCC(=O)O)c(C)c1)S(=O)(=O)c1ccc(C(C)(C)CC)cc1. The summed E-state index contributed by atoms with van der Waals surface area (Å²) < 4.78 is 31.5. The van der Waals surface area contributed by atoms with Crippen molar-refractivity contribution in [2.24, 2.45) is 0 Å². The summed E-state index contributed by atoms with van der Waals surface area (Å²) in [5, 5.41) is 11.3. The van der Waals surface area contributed by atoms with Crippen LogP contribution in [0.15, 0.2) is 52.3 Å². The Labute approximate surface area is 202 Å². The van der Waals surface area contributed by atoms with Crippen LogP contribution in [0.4, 0.5) is 0 Å². The number of aliphatic carboxylic acids is 1. The summed E-state index contributed by atoms with van der Waals surface area (Å²) in [4.78, 5) is 12.0. The summed E-state index contributed by atoms with van der Waals surface area (Å²) in [7, 11) is -3.48. The van der Waals surface area contributed by atoms with Gasteiger partial charge < -0.3 is 15.2 Å². The monoisotopic (exact) mass is 493 g/mol. The predicted octanol–water partition coefficient (Wildman–Crippen LogP) is 5.04. The highest BCUT2D eigenvalue weighted by Gasteiger charge is 2.26. The molecule has 0 saturated carbocycles. The molecule has 0 radical (unpaired) electrons. The Hall–Kier alpha value is -2.03. The van der Waals surface area contributed by atoms with Crippen molar-refractivity contribution < 1.29 is 23.1 Å². The van der Waals surface area contributed by atoms with Crippen LogP contribution in [0, 0.1) is 6.92 Å². The van der Waals surface area contributed by atoms with Gasteiger partial charge in [-0.05, 0) is 66.6 Å². The summed E-state index contributed by atoms with van der Waals surface area (Å²) in [5.41, 5.74) is 2.01. The van der Waals surface area contributed by atoms with E-state index >= 15 is 0 Å². The van der Waals surface area contributed by atoms with Crippen LogP contribution in [0.5, 0.6) is 5.75 Å². The minimum Gasteiger partial charge on any atom is -0.482 e. The summed E-state index contributed by atoms with van der Waals surface area (Å²) in [5.74, 6) is 0.232. The van der Waals surface area contributed by atoms with Crippen molar-refractivity contribution in [2.45, 2.75) is 68.0 Å². The van der Waals surface area contributed by atoms with Crippen LogP contribution in [-0.2, 0) is 20.0 Å². The van der Waals surface area contributed by atoms with Gasteiger partial charge in [0.1, 0.15) is 11.1 Å². The zero-order valence-corrected chi connectivity index (χ0v) is 21.7. The number of sulfone groups is 1. The summed E-state index contributed by atoms with van der Waals surface area (Å²) in [6.45, 7) is 10.3. The van der Waals surface area contributed by atoms with Gasteiger partial charge in [-0.1, -0.05) is 39.8 Å². The van der Waals surface area contributed by atoms with Crippen LogP contribution in [0.1, 0.15) is 51.7 Å². The second-order valence-corrected chi connectivity index (χ2v) is 11.9. The average Bonchev–Trinajstić information content (AvgIpc) is 2.78. The zero-order chi connectivity index (χ0) is 24.6. The Balaban J connectivity index is 1.94. The molecule has 33 heavy (non-hydrogen) atoms. The van der Waals surface area contributed by atoms with Crippen molar-refractivity contribution in [1.82, 2.24) is 5.32 Å². The maximum atomic E-state index is 13.1. The van der Waals surface area contributed by atoms with Crippen LogP contribution in [0.2, 0.25) is 0 Å². The fourth-order valence-electron chi connectivity index (χ4n) is 3.34. The third-order valence-electron chi connectivity index (χ3n) is 5.83. The summed E-state index contributed by atoms with van der Waals surface area (Å²) in [6, 6.07) is 12.9. The lowest BCUT2D eigenvalue weighted by Gasteiger charge is -2.24. The predicted molar refractivity (Wildman–Crippen MR) is 134 cm³/mol. The van der Waals surface area contributed by atoms with Crippen molar-refractivity contribution >= 4 is 27.6 Å². The molecular formula is C25H35NO5S2. The first kappa shape index (κ1) is 27.2. The van der Waals surface area contributed by atoms with E-state index in [0.717, 1.165) is 22.4 Å². The molecule has 0 fully saturated rings. The molecule has 1 unspecified atom stereocenters. The first-order valence-electron chi connectivity index (χ1n) is 11.2. The van der Waals surface area contributed by atoms with Crippen LogP contribution in [0.3, 0.4) is 0 Å². The van der Waals surface area contributed by atoms with Crippen LogP contribution in [-0.4, -0.2) is 43.8 Å². The van der Waals surface area contributed by atoms with E-state index in [1.807, 2.05) is 38.1 Å². The fourth-order valence-corrected chi connectivity index (χ4v) is 5.84. The fraction of sp³-hybridized carbons (Fsp3) is 0.480. The van der Waals surface area contributed by atoms with E-state index in [2.05, 4.69) is 26.1 Å². The van der Waals surface area contributed by atoms with E-state index in [1.165, 1.54) is 0 Å². The standard InChI is InChI=1S/C25H35NO5S2/c1-6-23(33(29,30)21-11-8-19(9-12-21)25(4,5)7-2)26-14-15-32-20-10-13-22(18(3)16-20)31-17-24(27)28/h8-13,16,23,26H,6-7,14-15,17H2,1-5H3,(H,27,28). The highest BCUT2D eigenvalue weighted by molar-refractivity contribution is 7.99. The van der Waals surface area contributed by atoms with E-state index in [0.29, 0.717) is 29.4 Å². The van der Waals surface area contributed by atoms with Gasteiger partial charge in [0.05, 0.1) is 4.90 Å². The number of carboxylic acid groups (broad SMARTS) is 1. The van der Waals surface area contributed by atoms with Crippen LogP contribution in [0.25, 0.3) is 0 Å². The Kier molecular flexibility index (Phi) is 9.82. The van der Waals surface area contributed by atoms with Crippen molar-refractivity contribution in [3.05, 3.63) is 53.6 Å². The highest BCUT2D eigenvalue weighted by Crippen LogP contribution is 2.29. The molecule has 0 aliphatic rings. The number of hydrogen-bond acceptors (Lipinski definition) is 6. The molecule has 8 heteroatoms. The van der Waals surface area contributed by atoms with E-state index in [-0.39, 0.29) is 12.0 Å². The second kappa shape index (κ2) is 11.9. The molecule has 2 aromatic carbocycles. The van der Waals surface area contributed by atoms with Gasteiger partial charge in [0, 0.05) is 17.2 Å². The molecule has 2 rings (SSSR count). The summed E-state index contributed by atoms with van der Waals surface area (Å²) >= 11 is 1.60. The number of aryl methyl sites for hydroxylation is 1. The Morgan fingerprint density at radius 3 is 2.36 bits per heavy atom. The Bertz CT molecular complexity index is 1030. The van der Waals surface area contributed by atoms with Crippen molar-refractivity contribution in [3.8, 4) is 5.75 Å². The molecule has 2 aromatic rings. The molecule has 0 spiro atoms. The zero-order valence-electron chi connectivity index (χ0n) is 20.1. The molecule has 0 bridgehead atoms. The molecule has 0 aliphatic heterocycles. The van der Waals surface area contributed by atoms with Gasteiger partial charge in [0.25, 0.3) is 0 Å². The molecule has 0 aliphatic carbocycles. The largest absolute Gasteiger partial charge is 0.482 e. The topological polar surface area (TPSA) is 92.7 Å². The van der Waals surface area contributed by atoms with Gasteiger partial charge >= 0.3 is 5.97 Å². The highest BCUT2D eigenvalue weighted by atomic mass is 32.2. The molecule has 1 atom stereocenters. The van der Waals surface area contributed by atoms with Gasteiger partial charge in [0.2, 0.25) is 0 Å².